The molecule has 0 spiro atoms. The van der Waals surface area contributed by atoms with Gasteiger partial charge < -0.3 is 10.6 Å². The normalized spacial score (nSPS) is 10.4. The van der Waals surface area contributed by atoms with Crippen molar-refractivity contribution in [2.75, 3.05) is 18.4 Å². The van der Waals surface area contributed by atoms with Crippen LogP contribution in [0.5, 0.6) is 0 Å². The summed E-state index contributed by atoms with van der Waals surface area (Å²) in [6.45, 7) is 8.00. The van der Waals surface area contributed by atoms with E-state index in [9.17, 15) is 4.79 Å². The quantitative estimate of drug-likeness (QED) is 0.622. The average molecular weight is 290 g/mol. The Kier molecular flexibility index (Phi) is 8.56. The first-order valence-corrected chi connectivity index (χ1v) is 8.31. The van der Waals surface area contributed by atoms with Gasteiger partial charge in [-0.2, -0.15) is 0 Å². The van der Waals surface area contributed by atoms with Gasteiger partial charge in [0.2, 0.25) is 0 Å². The third kappa shape index (κ3) is 6.65. The minimum absolute atomic E-state index is 0.0368. The summed E-state index contributed by atoms with van der Waals surface area (Å²) in [5.74, 6) is 0.0368. The van der Waals surface area contributed by atoms with Crippen molar-refractivity contribution >= 4 is 11.6 Å². The molecular formula is C18H30N2O. The lowest BCUT2D eigenvalue weighted by molar-refractivity contribution is 0.0953. The summed E-state index contributed by atoms with van der Waals surface area (Å²) >= 11 is 0. The van der Waals surface area contributed by atoms with Gasteiger partial charge >= 0.3 is 0 Å². The summed E-state index contributed by atoms with van der Waals surface area (Å²) in [7, 11) is 0. The Hall–Kier alpha value is -1.51. The van der Waals surface area contributed by atoms with Crippen molar-refractivity contribution in [2.24, 2.45) is 0 Å². The molecule has 0 atom stereocenters. The van der Waals surface area contributed by atoms with Gasteiger partial charge in [0.15, 0.2) is 0 Å². The van der Waals surface area contributed by atoms with Gasteiger partial charge in [0.25, 0.3) is 5.91 Å². The van der Waals surface area contributed by atoms with Gasteiger partial charge in [-0.05, 0) is 44.0 Å². The molecule has 0 bridgehead atoms. The molecular weight excluding hydrogens is 260 g/mol. The molecule has 3 heteroatoms. The van der Waals surface area contributed by atoms with E-state index in [1.54, 1.807) is 0 Å². The molecule has 2 N–H and O–H groups in total. The third-order valence-electron chi connectivity index (χ3n) is 3.67. The van der Waals surface area contributed by atoms with Crippen LogP contribution >= 0.6 is 0 Å². The lowest BCUT2D eigenvalue weighted by Gasteiger charge is -2.10. The van der Waals surface area contributed by atoms with Crippen LogP contribution in [0.1, 0.15) is 68.3 Å². The molecule has 0 radical (unpaired) electrons. The topological polar surface area (TPSA) is 41.1 Å². The van der Waals surface area contributed by atoms with E-state index in [1.807, 2.05) is 25.1 Å². The fraction of sp³-hybridized carbons (Fsp3) is 0.611. The minimum Gasteiger partial charge on any atom is -0.385 e. The second-order valence-electron chi connectivity index (χ2n) is 5.58. The number of amides is 1. The van der Waals surface area contributed by atoms with Crippen LogP contribution < -0.4 is 10.6 Å². The molecule has 1 rings (SSSR count). The van der Waals surface area contributed by atoms with Gasteiger partial charge in [-0.1, -0.05) is 39.0 Å². The molecule has 0 saturated heterocycles. The first kappa shape index (κ1) is 17.5. The lowest BCUT2D eigenvalue weighted by atomic mass is 10.1. The highest BCUT2D eigenvalue weighted by Gasteiger charge is 2.06. The van der Waals surface area contributed by atoms with Gasteiger partial charge in [-0.3, -0.25) is 4.79 Å². The molecule has 3 nitrogen and oxygen atoms in total. The zero-order chi connectivity index (χ0) is 15.5. The Morgan fingerprint density at radius 1 is 1.05 bits per heavy atom. The van der Waals surface area contributed by atoms with Gasteiger partial charge in [-0.15, -0.1) is 0 Å². The van der Waals surface area contributed by atoms with Crippen molar-refractivity contribution in [1.29, 1.82) is 0 Å². The Labute approximate surface area is 129 Å². The number of hydrogen-bond acceptors (Lipinski definition) is 2. The van der Waals surface area contributed by atoms with Crippen LogP contribution in [0, 0.1) is 6.92 Å². The summed E-state index contributed by atoms with van der Waals surface area (Å²) in [6.07, 6.45) is 7.47. The predicted molar refractivity (Wildman–Crippen MR) is 91.1 cm³/mol. The van der Waals surface area contributed by atoms with Crippen molar-refractivity contribution in [2.45, 2.75) is 59.3 Å². The van der Waals surface area contributed by atoms with Crippen LogP contribution in [0.25, 0.3) is 0 Å². The summed E-state index contributed by atoms with van der Waals surface area (Å²) in [5.41, 5.74) is 2.97. The summed E-state index contributed by atoms with van der Waals surface area (Å²) in [5, 5.41) is 6.30. The van der Waals surface area contributed by atoms with Gasteiger partial charge in [-0.25, -0.2) is 0 Å². The number of carbonyl (C=O) groups is 1. The van der Waals surface area contributed by atoms with E-state index in [0.29, 0.717) is 0 Å². The van der Waals surface area contributed by atoms with E-state index >= 15 is 0 Å². The van der Waals surface area contributed by atoms with Crippen molar-refractivity contribution in [1.82, 2.24) is 5.32 Å². The zero-order valence-corrected chi connectivity index (χ0v) is 13.8. The van der Waals surface area contributed by atoms with Crippen LogP contribution in [-0.2, 0) is 0 Å². The molecule has 0 fully saturated rings. The second kappa shape index (κ2) is 10.3. The largest absolute Gasteiger partial charge is 0.385 e. The average Bonchev–Trinajstić information content (AvgIpc) is 2.48. The molecule has 0 saturated carbocycles. The highest BCUT2D eigenvalue weighted by atomic mass is 16.1. The second-order valence-corrected chi connectivity index (χ2v) is 5.58. The van der Waals surface area contributed by atoms with E-state index in [2.05, 4.69) is 24.5 Å². The molecule has 0 unspecified atom stereocenters. The Morgan fingerprint density at radius 3 is 2.43 bits per heavy atom. The fourth-order valence-corrected chi connectivity index (χ4v) is 2.40. The highest BCUT2D eigenvalue weighted by molar-refractivity contribution is 5.94. The lowest BCUT2D eigenvalue weighted by Crippen LogP contribution is -2.24. The highest BCUT2D eigenvalue weighted by Crippen LogP contribution is 2.16. The monoisotopic (exact) mass is 290 g/mol. The van der Waals surface area contributed by atoms with Crippen molar-refractivity contribution in [3.8, 4) is 0 Å². The fourth-order valence-electron chi connectivity index (χ4n) is 2.40. The number of nitrogens with one attached hydrogen (secondary N) is 2. The Morgan fingerprint density at radius 2 is 1.76 bits per heavy atom. The van der Waals surface area contributed by atoms with Crippen molar-refractivity contribution < 1.29 is 4.79 Å². The number of anilines is 1. The number of benzene rings is 1. The van der Waals surface area contributed by atoms with Crippen molar-refractivity contribution in [3.05, 3.63) is 29.3 Å². The van der Waals surface area contributed by atoms with Crippen LogP contribution in [0.3, 0.4) is 0 Å². The van der Waals surface area contributed by atoms with E-state index in [4.69, 9.17) is 0 Å². The minimum atomic E-state index is 0.0368. The Balaban J connectivity index is 2.30. The molecule has 0 aliphatic rings. The van der Waals surface area contributed by atoms with E-state index < -0.39 is 0 Å². The first-order chi connectivity index (χ1) is 10.2. The van der Waals surface area contributed by atoms with E-state index in [1.165, 1.54) is 32.1 Å². The Bertz CT molecular complexity index is 429. The molecule has 0 aliphatic heterocycles. The maximum Gasteiger partial charge on any atom is 0.251 e. The van der Waals surface area contributed by atoms with Gasteiger partial charge in [0.1, 0.15) is 0 Å². The molecule has 0 aromatic heterocycles. The molecule has 118 valence electrons. The van der Waals surface area contributed by atoms with Crippen LogP contribution in [0.15, 0.2) is 18.2 Å². The van der Waals surface area contributed by atoms with E-state index in [-0.39, 0.29) is 5.91 Å². The zero-order valence-electron chi connectivity index (χ0n) is 13.8. The molecule has 1 aromatic rings. The number of aryl methyl sites for hydroxylation is 1. The number of carbonyl (C=O) groups excluding carboxylic acids is 1. The number of unbranched alkanes of at least 4 members (excludes halogenated alkanes) is 5. The van der Waals surface area contributed by atoms with Crippen LogP contribution in [0.4, 0.5) is 5.69 Å². The standard InChI is InChI=1S/C18H30N2O/c1-4-6-7-8-9-10-13-20-18(21)16-11-12-17(19-5-2)15(3)14-16/h11-12,14,19H,4-10,13H2,1-3H3,(H,20,21). The van der Waals surface area contributed by atoms with Crippen LogP contribution in [0.2, 0.25) is 0 Å². The number of hydrogen-bond donors (Lipinski definition) is 2. The predicted octanol–water partition coefficient (Wildman–Crippen LogP) is 4.52. The van der Waals surface area contributed by atoms with Crippen molar-refractivity contribution in [3.63, 3.8) is 0 Å². The van der Waals surface area contributed by atoms with Gasteiger partial charge in [0.05, 0.1) is 0 Å². The summed E-state index contributed by atoms with van der Waals surface area (Å²) in [6, 6.07) is 5.83. The molecule has 1 amide bonds. The SMILES string of the molecule is CCCCCCCCNC(=O)c1ccc(NCC)c(C)c1. The maximum absolute atomic E-state index is 12.1. The maximum atomic E-state index is 12.1. The third-order valence-corrected chi connectivity index (χ3v) is 3.67. The van der Waals surface area contributed by atoms with Gasteiger partial charge in [0, 0.05) is 24.3 Å². The smallest absolute Gasteiger partial charge is 0.251 e. The molecule has 0 aliphatic carbocycles. The summed E-state index contributed by atoms with van der Waals surface area (Å²) < 4.78 is 0. The summed E-state index contributed by atoms with van der Waals surface area (Å²) in [4.78, 5) is 12.1. The molecule has 0 heterocycles. The van der Waals surface area contributed by atoms with E-state index in [0.717, 1.165) is 36.3 Å². The number of rotatable bonds is 10. The molecule has 21 heavy (non-hydrogen) atoms. The first-order valence-electron chi connectivity index (χ1n) is 8.31. The van der Waals surface area contributed by atoms with Crippen LogP contribution in [-0.4, -0.2) is 19.0 Å². The molecule has 1 aromatic carbocycles.